The zero-order valence-electron chi connectivity index (χ0n) is 14.9. The van der Waals surface area contributed by atoms with Crippen LogP contribution in [0.3, 0.4) is 0 Å². The van der Waals surface area contributed by atoms with Gasteiger partial charge in [0.05, 0.1) is 0 Å². The van der Waals surface area contributed by atoms with Gasteiger partial charge in [0, 0.05) is 0 Å². The van der Waals surface area contributed by atoms with E-state index in [0.717, 1.165) is 23.3 Å². The van der Waals surface area contributed by atoms with E-state index in [1.165, 1.54) is 6.07 Å². The van der Waals surface area contributed by atoms with E-state index < -0.39 is 12.4 Å². The molecule has 134 valence electrons. The number of hydrogen-bond acceptors (Lipinski definition) is 2. The minimum absolute atomic E-state index is 0. The maximum Gasteiger partial charge on any atom is 1.00 e. The van der Waals surface area contributed by atoms with E-state index in [0.29, 0.717) is 0 Å². The Bertz CT molecular complexity index is 843. The predicted octanol–water partition coefficient (Wildman–Crippen LogP) is 1.90. The molecule has 0 N–H and O–H groups in total. The van der Waals surface area contributed by atoms with Crippen molar-refractivity contribution in [1.82, 2.24) is 0 Å². The normalized spacial score (nSPS) is 10.8. The first-order chi connectivity index (χ1) is 12.5. The van der Waals surface area contributed by atoms with Gasteiger partial charge in [-0.25, -0.2) is 0 Å². The molecule has 0 bridgehead atoms. The Morgan fingerprint density at radius 2 is 1.11 bits per heavy atom. The minimum Gasteiger partial charge on any atom is -0.485 e. The molecule has 0 saturated heterocycles. The van der Waals surface area contributed by atoms with E-state index in [-0.39, 0.29) is 76.1 Å². The maximum absolute atomic E-state index is 13.1. The van der Waals surface area contributed by atoms with E-state index in [1.807, 2.05) is 60.7 Å². The second-order valence-electron chi connectivity index (χ2n) is 5.83. The molecule has 3 aromatic carbocycles. The van der Waals surface area contributed by atoms with Crippen molar-refractivity contribution in [2.24, 2.45) is 0 Å². The molecular weight excluding hydrogens is 379 g/mol. The van der Waals surface area contributed by atoms with Crippen molar-refractivity contribution in [3.63, 3.8) is 0 Å². The molecule has 0 atom stereocenters. The molecule has 0 aromatic heterocycles. The van der Waals surface area contributed by atoms with Crippen LogP contribution in [0.5, 0.6) is 11.5 Å². The first-order valence-corrected chi connectivity index (χ1v) is 8.20. The van der Waals surface area contributed by atoms with E-state index >= 15 is 0 Å². The number of rotatable bonds is 7. The molecule has 2 nitrogen and oxygen atoms in total. The van der Waals surface area contributed by atoms with Crippen LogP contribution in [0.4, 0.5) is 12.9 Å². The number of ether oxygens (including phenoxy) is 2. The SMILES string of the molecule is F[B-](F)(F)c1ccc(OCc2ccccc2)c(OCc2ccccc2)c1.[K+]. The third-order valence-electron chi connectivity index (χ3n) is 3.82. The molecule has 0 amide bonds. The van der Waals surface area contributed by atoms with Crippen LogP contribution in [0.25, 0.3) is 0 Å². The number of halogens is 3. The summed E-state index contributed by atoms with van der Waals surface area (Å²) in [5.41, 5.74) is 1.08. The van der Waals surface area contributed by atoms with Crippen LogP contribution in [0.15, 0.2) is 78.9 Å². The Hall–Kier alpha value is -1.25. The van der Waals surface area contributed by atoms with Gasteiger partial charge in [-0.1, -0.05) is 66.7 Å². The second-order valence-corrected chi connectivity index (χ2v) is 5.83. The Kier molecular flexibility index (Phi) is 8.44. The molecule has 0 saturated carbocycles. The van der Waals surface area contributed by atoms with Crippen LogP contribution < -0.4 is 66.3 Å². The molecule has 0 spiro atoms. The molecule has 0 aliphatic rings. The fraction of sp³-hybridized carbons (Fsp3) is 0.100. The smallest absolute Gasteiger partial charge is 0.485 e. The molecule has 0 radical (unpaired) electrons. The van der Waals surface area contributed by atoms with Crippen molar-refractivity contribution in [3.8, 4) is 11.5 Å². The van der Waals surface area contributed by atoms with Gasteiger partial charge in [-0.2, -0.15) is 0 Å². The predicted molar refractivity (Wildman–Crippen MR) is 96.7 cm³/mol. The Morgan fingerprint density at radius 3 is 1.59 bits per heavy atom. The largest absolute Gasteiger partial charge is 1.00 e. The number of hydrogen-bond donors (Lipinski definition) is 0. The summed E-state index contributed by atoms with van der Waals surface area (Å²) in [5.74, 6) is 0.370. The average molecular weight is 396 g/mol. The van der Waals surface area contributed by atoms with E-state index in [2.05, 4.69) is 0 Å². The topological polar surface area (TPSA) is 18.5 Å². The summed E-state index contributed by atoms with van der Waals surface area (Å²) in [6.45, 7) is -4.69. The van der Waals surface area contributed by atoms with Crippen LogP contribution in [0.1, 0.15) is 11.1 Å². The van der Waals surface area contributed by atoms with Crippen LogP contribution in [-0.4, -0.2) is 6.98 Å². The fourth-order valence-electron chi connectivity index (χ4n) is 2.43. The van der Waals surface area contributed by atoms with Gasteiger partial charge in [-0.3, -0.25) is 0 Å². The molecule has 0 fully saturated rings. The van der Waals surface area contributed by atoms with Crippen LogP contribution in [-0.2, 0) is 13.2 Å². The van der Waals surface area contributed by atoms with E-state index in [1.54, 1.807) is 0 Å². The van der Waals surface area contributed by atoms with Gasteiger partial charge in [0.1, 0.15) is 13.2 Å². The molecule has 0 aliphatic heterocycles. The summed E-state index contributed by atoms with van der Waals surface area (Å²) in [4.78, 5) is 0. The molecule has 3 rings (SSSR count). The third kappa shape index (κ3) is 6.69. The van der Waals surface area contributed by atoms with Crippen molar-refractivity contribution >= 4 is 12.4 Å². The Balaban J connectivity index is 0.00000261. The van der Waals surface area contributed by atoms with Gasteiger partial charge in [-0.05, 0) is 23.3 Å². The fourth-order valence-corrected chi connectivity index (χ4v) is 2.43. The Labute approximate surface area is 199 Å². The minimum atomic E-state index is -5.11. The molecule has 0 aliphatic carbocycles. The summed E-state index contributed by atoms with van der Waals surface area (Å²) in [6, 6.07) is 22.0. The standard InChI is InChI=1S/C20H17BF3O2.K/c22-21(23,24)18-11-12-19(25-14-16-7-3-1-4-8-16)20(13-18)26-15-17-9-5-2-6-10-17;/h1-13H,14-15H2;/q-1;+1. The number of benzene rings is 3. The van der Waals surface area contributed by atoms with Crippen molar-refractivity contribution < 1.29 is 73.8 Å². The molecule has 0 heterocycles. The molecule has 3 aromatic rings. The van der Waals surface area contributed by atoms with Crippen molar-refractivity contribution in [2.45, 2.75) is 13.2 Å². The molecule has 7 heteroatoms. The molecule has 27 heavy (non-hydrogen) atoms. The summed E-state index contributed by atoms with van der Waals surface area (Å²) in [5, 5.41) is 0. The first-order valence-electron chi connectivity index (χ1n) is 8.20. The second kappa shape index (κ2) is 10.3. The first kappa shape index (κ1) is 22.0. The zero-order chi connectivity index (χ0) is 18.4. The van der Waals surface area contributed by atoms with Gasteiger partial charge >= 0.3 is 58.4 Å². The van der Waals surface area contributed by atoms with Gasteiger partial charge in [0.2, 0.25) is 0 Å². The molecular formula is C20H17BF3KO2. The Morgan fingerprint density at radius 1 is 0.630 bits per heavy atom. The van der Waals surface area contributed by atoms with Crippen LogP contribution in [0.2, 0.25) is 0 Å². The van der Waals surface area contributed by atoms with Crippen LogP contribution in [0, 0.1) is 0 Å². The van der Waals surface area contributed by atoms with E-state index in [9.17, 15) is 12.9 Å². The maximum atomic E-state index is 13.1. The van der Waals surface area contributed by atoms with Gasteiger partial charge < -0.3 is 22.4 Å². The van der Waals surface area contributed by atoms with Crippen molar-refractivity contribution in [3.05, 3.63) is 90.0 Å². The summed E-state index contributed by atoms with van der Waals surface area (Å²) in [6.07, 6.45) is 0. The summed E-state index contributed by atoms with van der Waals surface area (Å²) >= 11 is 0. The third-order valence-corrected chi connectivity index (χ3v) is 3.82. The quantitative estimate of drug-likeness (QED) is 0.569. The monoisotopic (exact) mass is 396 g/mol. The summed E-state index contributed by atoms with van der Waals surface area (Å²) in [7, 11) is 0. The average Bonchev–Trinajstić information content (AvgIpc) is 2.66. The van der Waals surface area contributed by atoms with Crippen molar-refractivity contribution in [2.75, 3.05) is 0 Å². The van der Waals surface area contributed by atoms with Gasteiger partial charge in [-0.15, -0.1) is 5.46 Å². The van der Waals surface area contributed by atoms with Gasteiger partial charge in [0.15, 0.2) is 11.5 Å². The van der Waals surface area contributed by atoms with Crippen molar-refractivity contribution in [1.29, 1.82) is 0 Å². The van der Waals surface area contributed by atoms with E-state index in [4.69, 9.17) is 9.47 Å². The van der Waals surface area contributed by atoms with Crippen LogP contribution >= 0.6 is 0 Å². The van der Waals surface area contributed by atoms with Gasteiger partial charge in [0.25, 0.3) is 0 Å². The summed E-state index contributed by atoms with van der Waals surface area (Å²) < 4.78 is 50.6. The molecule has 0 unspecified atom stereocenters. The zero-order valence-corrected chi connectivity index (χ0v) is 18.1.